The van der Waals surface area contributed by atoms with Crippen molar-refractivity contribution in [2.24, 2.45) is 4.99 Å². The minimum Gasteiger partial charge on any atom is -0.494 e. The Morgan fingerprint density at radius 3 is 2.45 bits per heavy atom. The van der Waals surface area contributed by atoms with Crippen molar-refractivity contribution >= 4 is 45.5 Å². The van der Waals surface area contributed by atoms with Crippen LogP contribution in [0.2, 0.25) is 5.02 Å². The van der Waals surface area contributed by atoms with Gasteiger partial charge >= 0.3 is 0 Å². The maximum Gasteiger partial charge on any atom is 0.241 e. The first kappa shape index (κ1) is 26.0. The molecule has 8 heteroatoms. The first-order chi connectivity index (χ1) is 18.4. The molecule has 0 aliphatic carbocycles. The highest BCUT2D eigenvalue weighted by Gasteiger charge is 2.23. The van der Waals surface area contributed by atoms with Gasteiger partial charge in [0.2, 0.25) is 5.91 Å². The lowest BCUT2D eigenvalue weighted by atomic mass is 10.0. The van der Waals surface area contributed by atoms with E-state index in [1.807, 2.05) is 79.4 Å². The van der Waals surface area contributed by atoms with Crippen LogP contribution in [-0.2, 0) is 4.79 Å². The number of rotatable bonds is 7. The van der Waals surface area contributed by atoms with Gasteiger partial charge < -0.3 is 20.3 Å². The number of carbonyl (C=O) groups excluding carboxylic acids is 1. The Morgan fingerprint density at radius 1 is 1.05 bits per heavy atom. The summed E-state index contributed by atoms with van der Waals surface area (Å²) in [6.07, 6.45) is 0. The van der Waals surface area contributed by atoms with Gasteiger partial charge in [0.05, 0.1) is 29.0 Å². The van der Waals surface area contributed by atoms with Crippen LogP contribution in [0.25, 0.3) is 10.9 Å². The summed E-state index contributed by atoms with van der Waals surface area (Å²) in [7, 11) is 0. The van der Waals surface area contributed by atoms with Crippen molar-refractivity contribution in [1.29, 1.82) is 0 Å². The van der Waals surface area contributed by atoms with Crippen molar-refractivity contribution in [1.82, 2.24) is 15.2 Å². The first-order valence-corrected chi connectivity index (χ1v) is 13.3. The molecule has 3 N–H and O–H groups in total. The largest absolute Gasteiger partial charge is 0.494 e. The van der Waals surface area contributed by atoms with Crippen LogP contribution in [0.5, 0.6) is 5.88 Å². The molecule has 7 nitrogen and oxygen atoms in total. The van der Waals surface area contributed by atoms with E-state index in [9.17, 15) is 9.90 Å². The van der Waals surface area contributed by atoms with Gasteiger partial charge in [-0.2, -0.15) is 0 Å². The van der Waals surface area contributed by atoms with Gasteiger partial charge in [-0.25, -0.2) is 4.99 Å². The van der Waals surface area contributed by atoms with Gasteiger partial charge in [-0.3, -0.25) is 9.69 Å². The molecule has 1 aromatic heterocycles. The maximum atomic E-state index is 13.2. The van der Waals surface area contributed by atoms with Crippen LogP contribution in [0.15, 0.2) is 77.8 Å². The summed E-state index contributed by atoms with van der Waals surface area (Å²) in [5.41, 5.74) is 4.41. The van der Waals surface area contributed by atoms with E-state index >= 15 is 0 Å². The van der Waals surface area contributed by atoms with Crippen molar-refractivity contribution in [3.63, 3.8) is 0 Å². The van der Waals surface area contributed by atoms with E-state index in [0.29, 0.717) is 28.5 Å². The fourth-order valence-electron chi connectivity index (χ4n) is 4.94. The van der Waals surface area contributed by atoms with Gasteiger partial charge in [0.25, 0.3) is 0 Å². The normalized spacial score (nSPS) is 14.8. The molecule has 0 unspecified atom stereocenters. The van der Waals surface area contributed by atoms with Crippen LogP contribution in [0.4, 0.5) is 11.4 Å². The molecule has 1 fully saturated rings. The van der Waals surface area contributed by atoms with Crippen LogP contribution in [-0.4, -0.2) is 65.4 Å². The maximum absolute atomic E-state index is 13.2. The van der Waals surface area contributed by atoms with Crippen molar-refractivity contribution in [3.05, 3.63) is 88.9 Å². The Bertz CT molecular complexity index is 1440. The second kappa shape index (κ2) is 11.4. The smallest absolute Gasteiger partial charge is 0.241 e. The highest BCUT2D eigenvalue weighted by Crippen LogP contribution is 2.33. The molecule has 1 aliphatic heterocycles. The average Bonchev–Trinajstić information content (AvgIpc) is 3.23. The number of aliphatic imine (C=N–C) groups is 1. The number of fused-ring (bicyclic) bond motifs is 1. The number of halogens is 1. The van der Waals surface area contributed by atoms with Crippen molar-refractivity contribution in [3.8, 4) is 5.88 Å². The Balaban J connectivity index is 1.49. The van der Waals surface area contributed by atoms with E-state index < -0.39 is 0 Å². The lowest BCUT2D eigenvalue weighted by molar-refractivity contribution is -0.120. The third-order valence-electron chi connectivity index (χ3n) is 6.75. The third-order valence-corrected chi connectivity index (χ3v) is 6.98. The molecule has 4 aromatic rings. The van der Waals surface area contributed by atoms with Gasteiger partial charge in [0.15, 0.2) is 5.88 Å². The number of amides is 1. The molecule has 38 heavy (non-hydrogen) atoms. The fraction of sp³-hybridized carbons (Fsp3) is 0.267. The molecule has 0 radical (unpaired) electrons. The second-order valence-corrected chi connectivity index (χ2v) is 10.2. The summed E-state index contributed by atoms with van der Waals surface area (Å²) in [5, 5.41) is 15.6. The van der Waals surface area contributed by atoms with Crippen LogP contribution in [0, 0.1) is 0 Å². The predicted octanol–water partition coefficient (Wildman–Crippen LogP) is 5.34. The number of carbonyl (C=O) groups is 1. The fourth-order valence-corrected chi connectivity index (χ4v) is 5.11. The molecular formula is C30H32ClN5O2. The predicted molar refractivity (Wildman–Crippen MR) is 155 cm³/mol. The minimum atomic E-state index is 0.0228. The Labute approximate surface area is 227 Å². The zero-order chi connectivity index (χ0) is 26.6. The number of aromatic amines is 1. The van der Waals surface area contributed by atoms with E-state index in [1.165, 1.54) is 0 Å². The summed E-state index contributed by atoms with van der Waals surface area (Å²) in [6, 6.07) is 23.0. The van der Waals surface area contributed by atoms with Gasteiger partial charge in [0, 0.05) is 53.9 Å². The number of piperazine rings is 1. The van der Waals surface area contributed by atoms with Crippen LogP contribution < -0.4 is 10.2 Å². The molecule has 0 saturated carbocycles. The molecular weight excluding hydrogens is 498 g/mol. The SMILES string of the molecule is CC(C)N(C(=O)CN1CCNCC1)c1ccc(N=C(c2ccccc2)c2c(O)[nH]c3cc(Cl)ccc23)cc1. The summed E-state index contributed by atoms with van der Waals surface area (Å²) < 4.78 is 0. The molecule has 1 amide bonds. The number of hydrogen-bond acceptors (Lipinski definition) is 5. The molecule has 5 rings (SSSR count). The van der Waals surface area contributed by atoms with Crippen LogP contribution in [0.1, 0.15) is 25.0 Å². The van der Waals surface area contributed by atoms with E-state index in [4.69, 9.17) is 16.6 Å². The number of anilines is 1. The molecule has 1 saturated heterocycles. The zero-order valence-corrected chi connectivity index (χ0v) is 22.4. The molecule has 2 heterocycles. The van der Waals surface area contributed by atoms with Crippen LogP contribution in [0.3, 0.4) is 0 Å². The summed E-state index contributed by atoms with van der Waals surface area (Å²) in [5.74, 6) is 0.122. The molecule has 196 valence electrons. The van der Waals surface area contributed by atoms with Crippen molar-refractivity contribution in [2.75, 3.05) is 37.6 Å². The van der Waals surface area contributed by atoms with Crippen molar-refractivity contribution < 1.29 is 9.90 Å². The highest BCUT2D eigenvalue weighted by molar-refractivity contribution is 6.31. The van der Waals surface area contributed by atoms with E-state index in [-0.39, 0.29) is 17.8 Å². The Morgan fingerprint density at radius 2 is 1.76 bits per heavy atom. The van der Waals surface area contributed by atoms with Crippen LogP contribution >= 0.6 is 11.6 Å². The zero-order valence-electron chi connectivity index (χ0n) is 21.6. The molecule has 0 atom stereocenters. The standard InChI is InChI=1S/C30H32ClN5O2/c1-20(2)36(27(37)19-35-16-14-32-15-17-35)24-11-9-23(10-12-24)33-29(21-6-4-3-5-7-21)28-25-13-8-22(31)18-26(25)34-30(28)38/h3-13,18,20,32,34,38H,14-17,19H2,1-2H3. The number of nitrogens with one attached hydrogen (secondary N) is 2. The van der Waals surface area contributed by atoms with Gasteiger partial charge in [-0.1, -0.05) is 48.0 Å². The first-order valence-electron chi connectivity index (χ1n) is 12.9. The number of benzene rings is 3. The van der Waals surface area contributed by atoms with Gasteiger partial charge in [-0.05, 0) is 50.2 Å². The van der Waals surface area contributed by atoms with Gasteiger partial charge in [0.1, 0.15) is 0 Å². The monoisotopic (exact) mass is 529 g/mol. The summed E-state index contributed by atoms with van der Waals surface area (Å²) in [4.78, 5) is 25.3. The summed E-state index contributed by atoms with van der Waals surface area (Å²) in [6.45, 7) is 8.03. The lowest BCUT2D eigenvalue weighted by Crippen LogP contribution is -2.49. The van der Waals surface area contributed by atoms with E-state index in [1.54, 1.807) is 12.1 Å². The van der Waals surface area contributed by atoms with Gasteiger partial charge in [-0.15, -0.1) is 0 Å². The third kappa shape index (κ3) is 5.60. The average molecular weight is 530 g/mol. The van der Waals surface area contributed by atoms with E-state index in [2.05, 4.69) is 15.2 Å². The number of aromatic nitrogens is 1. The topological polar surface area (TPSA) is 84.0 Å². The van der Waals surface area contributed by atoms with Crippen molar-refractivity contribution in [2.45, 2.75) is 19.9 Å². The Hall–Kier alpha value is -3.65. The second-order valence-electron chi connectivity index (χ2n) is 9.76. The molecule has 0 spiro atoms. The lowest BCUT2D eigenvalue weighted by Gasteiger charge is -2.32. The number of H-pyrrole nitrogens is 1. The van der Waals surface area contributed by atoms with E-state index in [0.717, 1.165) is 48.3 Å². The Kier molecular flexibility index (Phi) is 7.79. The number of hydrogen-bond donors (Lipinski definition) is 3. The molecule has 1 aliphatic rings. The molecule has 3 aromatic carbocycles. The minimum absolute atomic E-state index is 0.0228. The number of aromatic hydroxyl groups is 1. The quantitative estimate of drug-likeness (QED) is 0.282. The molecule has 0 bridgehead atoms. The number of nitrogens with zero attached hydrogens (tertiary/aromatic N) is 3. The summed E-state index contributed by atoms with van der Waals surface area (Å²) >= 11 is 6.18. The highest BCUT2D eigenvalue weighted by atomic mass is 35.5.